The third-order valence-corrected chi connectivity index (χ3v) is 5.11. The molecule has 0 aromatic carbocycles. The molecule has 0 aliphatic carbocycles. The van der Waals surface area contributed by atoms with Crippen LogP contribution in [-0.4, -0.2) is 30.1 Å². The second-order valence-electron chi connectivity index (χ2n) is 4.95. The molecule has 6 nitrogen and oxygen atoms in total. The van der Waals surface area contributed by atoms with E-state index in [2.05, 4.69) is 4.72 Å². The normalized spacial score (nSPS) is 15.0. The van der Waals surface area contributed by atoms with Crippen molar-refractivity contribution >= 4 is 16.0 Å². The van der Waals surface area contributed by atoms with Crippen LogP contribution < -0.4 is 4.72 Å². The molecule has 1 aromatic heterocycles. The van der Waals surface area contributed by atoms with Crippen LogP contribution in [0.3, 0.4) is 0 Å². The highest BCUT2D eigenvalue weighted by Gasteiger charge is 2.24. The minimum Gasteiger partial charge on any atom is -0.477 e. The molecule has 2 N–H and O–H groups in total. The summed E-state index contributed by atoms with van der Waals surface area (Å²) in [6, 6.07) is 0.987. The first-order chi connectivity index (χ1) is 9.22. The maximum atomic E-state index is 12.2. The lowest BCUT2D eigenvalue weighted by molar-refractivity contribution is 0.0685. The van der Waals surface area contributed by atoms with Crippen molar-refractivity contribution < 1.29 is 18.3 Å². The number of hydrogen-bond acceptors (Lipinski definition) is 3. The molecule has 0 amide bonds. The lowest BCUT2D eigenvalue weighted by Gasteiger charge is -2.19. The molecule has 114 valence electrons. The highest BCUT2D eigenvalue weighted by atomic mass is 32.2. The van der Waals surface area contributed by atoms with Crippen LogP contribution in [0.5, 0.6) is 0 Å². The number of sulfonamides is 1. The summed E-state index contributed by atoms with van der Waals surface area (Å²) in [7, 11) is -3.69. The molecule has 1 rings (SSSR count). The Morgan fingerprint density at radius 3 is 2.40 bits per heavy atom. The summed E-state index contributed by atoms with van der Waals surface area (Å²) < 4.78 is 28.5. The summed E-state index contributed by atoms with van der Waals surface area (Å²) in [5.74, 6) is -0.930. The first-order valence-electron chi connectivity index (χ1n) is 6.68. The largest absolute Gasteiger partial charge is 0.477 e. The van der Waals surface area contributed by atoms with Crippen LogP contribution in [-0.2, 0) is 16.6 Å². The quantitative estimate of drug-likeness (QED) is 0.805. The molecule has 0 spiro atoms. The Labute approximate surface area is 119 Å². The van der Waals surface area contributed by atoms with Gasteiger partial charge in [-0.25, -0.2) is 17.9 Å². The number of aromatic nitrogens is 1. The summed E-state index contributed by atoms with van der Waals surface area (Å²) in [6.45, 7) is 7.93. The van der Waals surface area contributed by atoms with Crippen LogP contribution in [0, 0.1) is 5.92 Å². The van der Waals surface area contributed by atoms with Crippen LogP contribution in [0.2, 0.25) is 0 Å². The van der Waals surface area contributed by atoms with Gasteiger partial charge in [0.1, 0.15) is 10.6 Å². The second kappa shape index (κ2) is 6.41. The maximum absolute atomic E-state index is 12.2. The topological polar surface area (TPSA) is 88.4 Å². The number of rotatable bonds is 7. The number of carbonyl (C=O) groups is 1. The van der Waals surface area contributed by atoms with Gasteiger partial charge in [-0.2, -0.15) is 0 Å². The van der Waals surface area contributed by atoms with Gasteiger partial charge in [-0.15, -0.1) is 0 Å². The van der Waals surface area contributed by atoms with Gasteiger partial charge < -0.3 is 9.67 Å². The van der Waals surface area contributed by atoms with Crippen LogP contribution in [0.15, 0.2) is 17.2 Å². The first-order valence-corrected chi connectivity index (χ1v) is 8.17. The van der Waals surface area contributed by atoms with Gasteiger partial charge in [0.05, 0.1) is 0 Å². The van der Waals surface area contributed by atoms with Gasteiger partial charge in [0.2, 0.25) is 10.0 Å². The summed E-state index contributed by atoms with van der Waals surface area (Å²) in [5.41, 5.74) is -0.0240. The van der Waals surface area contributed by atoms with Crippen LogP contribution >= 0.6 is 0 Å². The number of carboxylic acids is 1. The minimum atomic E-state index is -3.69. The van der Waals surface area contributed by atoms with Gasteiger partial charge in [0.25, 0.3) is 0 Å². The second-order valence-corrected chi connectivity index (χ2v) is 6.66. The zero-order chi connectivity index (χ0) is 15.5. The molecule has 0 aliphatic heterocycles. The predicted molar refractivity (Wildman–Crippen MR) is 76.3 cm³/mol. The van der Waals surface area contributed by atoms with E-state index in [1.807, 2.05) is 13.8 Å². The first kappa shape index (κ1) is 16.7. The third kappa shape index (κ3) is 3.61. The highest BCUT2D eigenvalue weighted by molar-refractivity contribution is 7.89. The Hall–Kier alpha value is -1.34. The van der Waals surface area contributed by atoms with Gasteiger partial charge in [-0.1, -0.05) is 20.3 Å². The number of aromatic carboxylic acids is 1. The minimum absolute atomic E-state index is 0.00750. The molecular formula is C13H22N2O4S. The van der Waals surface area contributed by atoms with Crippen molar-refractivity contribution in [3.63, 3.8) is 0 Å². The van der Waals surface area contributed by atoms with Crippen molar-refractivity contribution in [1.29, 1.82) is 0 Å². The molecule has 0 fully saturated rings. The van der Waals surface area contributed by atoms with Crippen molar-refractivity contribution in [3.8, 4) is 0 Å². The molecule has 0 radical (unpaired) electrons. The molecule has 1 heterocycles. The average Bonchev–Trinajstić information content (AvgIpc) is 2.82. The Balaban J connectivity index is 3.07. The van der Waals surface area contributed by atoms with E-state index in [0.29, 0.717) is 6.54 Å². The molecule has 0 saturated heterocycles. The predicted octanol–water partition coefficient (Wildman–Crippen LogP) is 1.92. The highest BCUT2D eigenvalue weighted by Crippen LogP contribution is 2.17. The van der Waals surface area contributed by atoms with Gasteiger partial charge >= 0.3 is 5.97 Å². The number of carboxylic acid groups (broad SMARTS) is 1. The zero-order valence-corrected chi connectivity index (χ0v) is 13.1. The van der Waals surface area contributed by atoms with Gasteiger partial charge in [0.15, 0.2) is 0 Å². The molecule has 1 aromatic rings. The molecule has 0 bridgehead atoms. The number of nitrogens with zero attached hydrogens (tertiary/aromatic N) is 1. The third-order valence-electron chi connectivity index (χ3n) is 3.58. The Morgan fingerprint density at radius 1 is 1.40 bits per heavy atom. The lowest BCUT2D eigenvalue weighted by atomic mass is 10.0. The fraction of sp³-hybridized carbons (Fsp3) is 0.615. The van der Waals surface area contributed by atoms with Gasteiger partial charge in [-0.3, -0.25) is 0 Å². The Bertz CT molecular complexity index is 577. The summed E-state index contributed by atoms with van der Waals surface area (Å²) in [4.78, 5) is 11.1. The van der Waals surface area contributed by atoms with E-state index in [9.17, 15) is 13.2 Å². The molecule has 2 atom stereocenters. The molecule has 20 heavy (non-hydrogen) atoms. The smallest absolute Gasteiger partial charge is 0.352 e. The van der Waals surface area contributed by atoms with Gasteiger partial charge in [0, 0.05) is 18.8 Å². The van der Waals surface area contributed by atoms with Crippen molar-refractivity contribution in [2.24, 2.45) is 5.92 Å². The van der Waals surface area contributed by atoms with Crippen molar-refractivity contribution in [2.45, 2.75) is 51.6 Å². The van der Waals surface area contributed by atoms with Gasteiger partial charge in [-0.05, 0) is 25.8 Å². The van der Waals surface area contributed by atoms with Crippen molar-refractivity contribution in [1.82, 2.24) is 9.29 Å². The standard InChI is InChI=1S/C13H22N2O4S/c1-5-9(3)10(4)14-20(18,19)11-7-12(13(16)17)15(6-2)8-11/h7-10,14H,5-6H2,1-4H3,(H,16,17). The summed E-state index contributed by atoms with van der Waals surface area (Å²) in [6.07, 6.45) is 2.22. The van der Waals surface area contributed by atoms with Crippen LogP contribution in [0.4, 0.5) is 0 Å². The van der Waals surface area contributed by atoms with Crippen molar-refractivity contribution in [2.75, 3.05) is 0 Å². The Morgan fingerprint density at radius 2 is 2.00 bits per heavy atom. The van der Waals surface area contributed by atoms with E-state index in [1.165, 1.54) is 16.8 Å². The van der Waals surface area contributed by atoms with Crippen molar-refractivity contribution in [3.05, 3.63) is 18.0 Å². The van der Waals surface area contributed by atoms with E-state index < -0.39 is 16.0 Å². The zero-order valence-electron chi connectivity index (χ0n) is 12.3. The molecule has 0 saturated carbocycles. The fourth-order valence-corrected chi connectivity index (χ4v) is 3.24. The molecular weight excluding hydrogens is 280 g/mol. The summed E-state index contributed by atoms with van der Waals surface area (Å²) in [5, 5.41) is 9.05. The van der Waals surface area contributed by atoms with E-state index in [4.69, 9.17) is 5.11 Å². The van der Waals surface area contributed by atoms with Crippen LogP contribution in [0.1, 0.15) is 44.6 Å². The SMILES string of the molecule is CCC(C)C(C)NS(=O)(=O)c1cc(C(=O)O)n(CC)c1. The molecule has 7 heteroatoms. The average molecular weight is 302 g/mol. The van der Waals surface area contributed by atoms with E-state index in [0.717, 1.165) is 6.42 Å². The lowest BCUT2D eigenvalue weighted by Crippen LogP contribution is -2.36. The molecule has 2 unspecified atom stereocenters. The van der Waals surface area contributed by atoms with Crippen LogP contribution in [0.25, 0.3) is 0 Å². The van der Waals surface area contributed by atoms with E-state index >= 15 is 0 Å². The summed E-state index contributed by atoms with van der Waals surface area (Å²) >= 11 is 0. The van der Waals surface area contributed by atoms with E-state index in [-0.39, 0.29) is 22.5 Å². The number of hydrogen-bond donors (Lipinski definition) is 2. The number of nitrogens with one attached hydrogen (secondary N) is 1. The fourth-order valence-electron chi connectivity index (χ4n) is 1.85. The Kier molecular flexibility index (Phi) is 5.35. The molecule has 0 aliphatic rings. The van der Waals surface area contributed by atoms with E-state index in [1.54, 1.807) is 13.8 Å². The number of aryl methyl sites for hydroxylation is 1. The monoisotopic (exact) mass is 302 g/mol. The maximum Gasteiger partial charge on any atom is 0.352 e.